The zero-order valence-corrected chi connectivity index (χ0v) is 28.1. The number of aromatic nitrogens is 3. The van der Waals surface area contributed by atoms with Gasteiger partial charge in [0.05, 0.1) is 16.1 Å². The fraction of sp³-hybridized carbons (Fsp3) is 0.182. The maximum absolute atomic E-state index is 5.75. The molecule has 6 rings (SSSR count). The van der Waals surface area contributed by atoms with Crippen molar-refractivity contribution >= 4 is 48.6 Å². The van der Waals surface area contributed by atoms with Crippen molar-refractivity contribution in [3.63, 3.8) is 0 Å². The summed E-state index contributed by atoms with van der Waals surface area (Å²) in [7, 11) is -2.56. The standard InChI is InChI=1S/C19H17N2OSi.C14H16NSi.Ir/c1-23(2,3)14-8-9-17(20-12-14)13-10-16-15-6-4-5-7-18(15)22-19(16)21-11-13;1-16(2,3)13-9-10-14(15-11-13)12-7-5-4-6-8-12;/h4-10,12H,1-3H3;4-7,9-11H,1-3H3;/q2*-1;. The van der Waals surface area contributed by atoms with Crippen LogP contribution >= 0.6 is 0 Å². The zero-order chi connectivity index (χ0) is 27.6. The van der Waals surface area contributed by atoms with Crippen LogP contribution < -0.4 is 10.4 Å². The van der Waals surface area contributed by atoms with Gasteiger partial charge in [-0.1, -0.05) is 81.7 Å². The first-order chi connectivity index (χ1) is 18.6. The van der Waals surface area contributed by atoms with Crippen LogP contribution in [-0.4, -0.2) is 31.1 Å². The van der Waals surface area contributed by atoms with Gasteiger partial charge in [0.25, 0.3) is 0 Å². The molecule has 0 aliphatic carbocycles. The van der Waals surface area contributed by atoms with Gasteiger partial charge in [-0.15, -0.1) is 47.5 Å². The molecule has 4 aromatic heterocycles. The molecule has 0 aliphatic rings. The van der Waals surface area contributed by atoms with Crippen molar-refractivity contribution in [3.8, 4) is 22.5 Å². The maximum Gasteiger partial charge on any atom is 0.141 e. The predicted octanol–water partition coefficient (Wildman–Crippen LogP) is 7.48. The van der Waals surface area contributed by atoms with E-state index >= 15 is 0 Å². The molecule has 7 heteroatoms. The summed E-state index contributed by atoms with van der Waals surface area (Å²) in [5.74, 6) is 0. The van der Waals surface area contributed by atoms with Crippen molar-refractivity contribution in [2.75, 3.05) is 0 Å². The minimum absolute atomic E-state index is 0. The quantitative estimate of drug-likeness (QED) is 0.139. The van der Waals surface area contributed by atoms with E-state index in [2.05, 4.69) is 96.8 Å². The first-order valence-electron chi connectivity index (χ1n) is 13.2. The smallest absolute Gasteiger partial charge is 0.141 e. The third kappa shape index (κ3) is 6.73. The Labute approximate surface area is 252 Å². The van der Waals surface area contributed by atoms with Gasteiger partial charge in [-0.25, -0.2) is 0 Å². The van der Waals surface area contributed by atoms with Gasteiger partial charge in [0.15, 0.2) is 0 Å². The van der Waals surface area contributed by atoms with Gasteiger partial charge < -0.3 is 19.4 Å². The summed E-state index contributed by atoms with van der Waals surface area (Å²) in [5.41, 5.74) is 5.32. The Morgan fingerprint density at radius 2 is 1.25 bits per heavy atom. The van der Waals surface area contributed by atoms with Crippen molar-refractivity contribution in [2.24, 2.45) is 0 Å². The van der Waals surface area contributed by atoms with Crippen molar-refractivity contribution in [1.29, 1.82) is 0 Å². The van der Waals surface area contributed by atoms with Crippen LogP contribution in [0.3, 0.4) is 0 Å². The van der Waals surface area contributed by atoms with Crippen LogP contribution in [0.15, 0.2) is 95.7 Å². The first-order valence-corrected chi connectivity index (χ1v) is 20.2. The van der Waals surface area contributed by atoms with Crippen LogP contribution in [-0.2, 0) is 20.1 Å². The summed E-state index contributed by atoms with van der Waals surface area (Å²) in [6.07, 6.45) is 7.06. The number of pyridine rings is 3. The van der Waals surface area contributed by atoms with E-state index in [1.165, 1.54) is 10.4 Å². The van der Waals surface area contributed by atoms with Crippen LogP contribution in [0.4, 0.5) is 0 Å². The van der Waals surface area contributed by atoms with E-state index < -0.39 is 16.1 Å². The molecule has 0 aliphatic heterocycles. The van der Waals surface area contributed by atoms with Crippen molar-refractivity contribution < 1.29 is 24.5 Å². The average Bonchev–Trinajstić information content (AvgIpc) is 3.31. The largest absolute Gasteiger partial charge is 0.483 e. The Morgan fingerprint density at radius 1 is 0.650 bits per heavy atom. The molecule has 0 fully saturated rings. The molecule has 1 radical (unpaired) electrons. The predicted molar refractivity (Wildman–Crippen MR) is 168 cm³/mol. The molecule has 6 aromatic rings. The van der Waals surface area contributed by atoms with E-state index in [9.17, 15) is 0 Å². The van der Waals surface area contributed by atoms with Gasteiger partial charge in [-0.2, -0.15) is 0 Å². The van der Waals surface area contributed by atoms with Gasteiger partial charge in [0, 0.05) is 37.9 Å². The molecule has 4 nitrogen and oxygen atoms in total. The molecule has 40 heavy (non-hydrogen) atoms. The molecule has 4 heterocycles. The summed E-state index contributed by atoms with van der Waals surface area (Å²) < 4.78 is 5.75. The number of rotatable bonds is 4. The minimum Gasteiger partial charge on any atom is -0.483 e. The van der Waals surface area contributed by atoms with Crippen molar-refractivity contribution in [2.45, 2.75) is 39.3 Å². The fourth-order valence-electron chi connectivity index (χ4n) is 4.24. The third-order valence-corrected chi connectivity index (χ3v) is 10.8. The van der Waals surface area contributed by atoms with Crippen molar-refractivity contribution in [3.05, 3.63) is 104 Å². The number of benzene rings is 2. The minimum atomic E-state index is -1.33. The van der Waals surface area contributed by atoms with E-state index in [0.29, 0.717) is 5.71 Å². The normalized spacial score (nSPS) is 11.6. The Balaban J connectivity index is 0.000000192. The summed E-state index contributed by atoms with van der Waals surface area (Å²) in [6, 6.07) is 29.7. The fourth-order valence-corrected chi connectivity index (χ4v) is 6.31. The van der Waals surface area contributed by atoms with E-state index in [0.717, 1.165) is 38.9 Å². The van der Waals surface area contributed by atoms with Gasteiger partial charge in [-0.05, 0) is 39.4 Å². The molecular formula is C33H33IrN3OSi2-2. The zero-order valence-electron chi connectivity index (χ0n) is 23.7. The molecule has 0 amide bonds. The maximum atomic E-state index is 5.75. The second-order valence-corrected chi connectivity index (χ2v) is 21.9. The Hall–Kier alpha value is -3.23. The van der Waals surface area contributed by atoms with Gasteiger partial charge in [0.1, 0.15) is 11.3 Å². The number of fused-ring (bicyclic) bond motifs is 3. The number of nitrogens with zero attached hydrogens (tertiary/aromatic N) is 3. The molecular weight excluding hydrogens is 703 g/mol. The van der Waals surface area contributed by atoms with E-state index in [4.69, 9.17) is 4.42 Å². The van der Waals surface area contributed by atoms with E-state index in [-0.39, 0.29) is 20.1 Å². The SMILES string of the molecule is C[Si](C)(C)c1ccc(-c2[c-]cccc2)nc1.C[Si](C)(C)c1ccc(-c2[c-]nc3oc4ccccc4c3c2)nc1.[Ir]. The molecule has 0 spiro atoms. The summed E-state index contributed by atoms with van der Waals surface area (Å²) in [4.78, 5) is 13.5. The van der Waals surface area contributed by atoms with E-state index in [1.54, 1.807) is 0 Å². The van der Waals surface area contributed by atoms with Crippen LogP contribution in [0.2, 0.25) is 39.3 Å². The number of hydrogen-bond acceptors (Lipinski definition) is 4. The van der Waals surface area contributed by atoms with Gasteiger partial charge in [-0.3, -0.25) is 0 Å². The molecule has 205 valence electrons. The number of para-hydroxylation sites is 1. The third-order valence-electron chi connectivity index (χ3n) is 6.70. The number of furan rings is 1. The van der Waals surface area contributed by atoms with Crippen LogP contribution in [0.1, 0.15) is 0 Å². The van der Waals surface area contributed by atoms with Gasteiger partial charge in [0.2, 0.25) is 0 Å². The van der Waals surface area contributed by atoms with Crippen molar-refractivity contribution in [1.82, 2.24) is 15.0 Å². The van der Waals surface area contributed by atoms with E-state index in [1.807, 2.05) is 60.9 Å². The van der Waals surface area contributed by atoms with Crippen LogP contribution in [0.5, 0.6) is 0 Å². The molecule has 0 unspecified atom stereocenters. The van der Waals surface area contributed by atoms with Crippen LogP contribution in [0, 0.1) is 12.3 Å². The summed E-state index contributed by atoms with van der Waals surface area (Å²) in [5, 5.41) is 4.82. The topological polar surface area (TPSA) is 51.8 Å². The number of hydrogen-bond donors (Lipinski definition) is 0. The van der Waals surface area contributed by atoms with Gasteiger partial charge >= 0.3 is 0 Å². The first kappa shape index (κ1) is 29.7. The molecule has 0 N–H and O–H groups in total. The Kier molecular flexibility index (Phi) is 9.00. The molecule has 2 aromatic carbocycles. The molecule has 0 atom stereocenters. The second-order valence-electron chi connectivity index (χ2n) is 11.7. The summed E-state index contributed by atoms with van der Waals surface area (Å²) in [6.45, 7) is 14.0. The monoisotopic (exact) mass is 736 g/mol. The molecule has 0 saturated carbocycles. The van der Waals surface area contributed by atoms with Crippen LogP contribution in [0.25, 0.3) is 44.6 Å². The second kappa shape index (κ2) is 12.1. The summed E-state index contributed by atoms with van der Waals surface area (Å²) >= 11 is 0. The Bertz CT molecular complexity index is 1700. The molecule has 0 saturated heterocycles. The average molecular weight is 736 g/mol. The molecule has 0 bridgehead atoms. The Morgan fingerprint density at radius 3 is 1.80 bits per heavy atom.